The molecular formula is C22H21N3O4S. The molecule has 0 saturated heterocycles. The third kappa shape index (κ3) is 4.28. The van der Waals surface area contributed by atoms with Gasteiger partial charge in [0.1, 0.15) is 11.8 Å². The fraction of sp³-hybridized carbons (Fsp3) is 0.182. The van der Waals surface area contributed by atoms with Gasteiger partial charge in [-0.25, -0.2) is 13.4 Å². The summed E-state index contributed by atoms with van der Waals surface area (Å²) in [5.74, 6) is 0.454. The van der Waals surface area contributed by atoms with Gasteiger partial charge < -0.3 is 4.42 Å². The molecule has 2 aromatic carbocycles. The van der Waals surface area contributed by atoms with Crippen LogP contribution in [0, 0.1) is 6.92 Å². The van der Waals surface area contributed by atoms with Crippen molar-refractivity contribution in [3.63, 3.8) is 0 Å². The number of nitrogens with one attached hydrogen (secondary N) is 1. The van der Waals surface area contributed by atoms with Gasteiger partial charge in [-0.15, -0.1) is 0 Å². The standard InChI is InChI=1S/C22H21N3O4S/c1-15-5-3-6-17(13-15)22(26)25-20(21-7-4-12-29-21)14-19(23-25)16-8-10-18(11-9-16)24-30(2,27)28/h3-13,20,24H,14H2,1-2H3/t20-/m1/s1. The molecular weight excluding hydrogens is 402 g/mol. The van der Waals surface area contributed by atoms with Gasteiger partial charge in [-0.05, 0) is 48.9 Å². The molecule has 0 spiro atoms. The van der Waals surface area contributed by atoms with Crippen LogP contribution in [0.15, 0.2) is 76.4 Å². The molecule has 1 amide bonds. The molecule has 30 heavy (non-hydrogen) atoms. The maximum Gasteiger partial charge on any atom is 0.274 e. The number of anilines is 1. The molecule has 0 aliphatic carbocycles. The summed E-state index contributed by atoms with van der Waals surface area (Å²) in [6.45, 7) is 1.94. The van der Waals surface area contributed by atoms with Crippen LogP contribution in [0.1, 0.15) is 39.7 Å². The molecule has 2 heterocycles. The van der Waals surface area contributed by atoms with Crippen molar-refractivity contribution in [3.05, 3.63) is 89.4 Å². The monoisotopic (exact) mass is 423 g/mol. The summed E-state index contributed by atoms with van der Waals surface area (Å²) in [4.78, 5) is 13.2. The second-order valence-corrected chi connectivity index (χ2v) is 9.00. The Morgan fingerprint density at radius 3 is 2.53 bits per heavy atom. The number of aryl methyl sites for hydroxylation is 1. The molecule has 1 aromatic heterocycles. The number of rotatable bonds is 5. The van der Waals surface area contributed by atoms with Crippen molar-refractivity contribution >= 4 is 27.3 Å². The lowest BCUT2D eigenvalue weighted by molar-refractivity contribution is 0.0692. The molecule has 3 aromatic rings. The smallest absolute Gasteiger partial charge is 0.274 e. The van der Waals surface area contributed by atoms with E-state index < -0.39 is 10.0 Å². The molecule has 154 valence electrons. The van der Waals surface area contributed by atoms with E-state index >= 15 is 0 Å². The molecule has 4 rings (SSSR count). The van der Waals surface area contributed by atoms with E-state index in [0.29, 0.717) is 23.4 Å². The molecule has 0 saturated carbocycles. The molecule has 0 radical (unpaired) electrons. The van der Waals surface area contributed by atoms with Gasteiger partial charge in [-0.3, -0.25) is 9.52 Å². The third-order valence-corrected chi connectivity index (χ3v) is 5.38. The van der Waals surface area contributed by atoms with Crippen molar-refractivity contribution in [2.45, 2.75) is 19.4 Å². The normalized spacial score (nSPS) is 16.4. The minimum atomic E-state index is -3.35. The Bertz CT molecular complexity index is 1200. The van der Waals surface area contributed by atoms with Crippen molar-refractivity contribution in [2.75, 3.05) is 11.0 Å². The van der Waals surface area contributed by atoms with Gasteiger partial charge in [0.2, 0.25) is 10.0 Å². The summed E-state index contributed by atoms with van der Waals surface area (Å²) >= 11 is 0. The summed E-state index contributed by atoms with van der Waals surface area (Å²) < 4.78 is 30.8. The SMILES string of the molecule is Cc1cccc(C(=O)N2N=C(c3ccc(NS(C)(=O)=O)cc3)C[C@@H]2c2ccco2)c1. The van der Waals surface area contributed by atoms with Gasteiger partial charge in [0.05, 0.1) is 18.2 Å². The summed E-state index contributed by atoms with van der Waals surface area (Å²) in [7, 11) is -3.35. The molecule has 1 atom stereocenters. The summed E-state index contributed by atoms with van der Waals surface area (Å²) in [6.07, 6.45) is 3.17. The van der Waals surface area contributed by atoms with Crippen LogP contribution in [0.25, 0.3) is 0 Å². The van der Waals surface area contributed by atoms with Crippen LogP contribution in [0.3, 0.4) is 0 Å². The first kappa shape index (κ1) is 19.9. The molecule has 1 N–H and O–H groups in total. The van der Waals surface area contributed by atoms with Crippen molar-refractivity contribution in [1.82, 2.24) is 5.01 Å². The van der Waals surface area contributed by atoms with E-state index in [2.05, 4.69) is 9.82 Å². The highest BCUT2D eigenvalue weighted by atomic mass is 32.2. The summed E-state index contributed by atoms with van der Waals surface area (Å²) in [6, 6.07) is 17.6. The maximum absolute atomic E-state index is 13.2. The topological polar surface area (TPSA) is 92.0 Å². The molecule has 1 aliphatic rings. The molecule has 0 unspecified atom stereocenters. The Morgan fingerprint density at radius 1 is 1.13 bits per heavy atom. The number of amides is 1. The van der Waals surface area contributed by atoms with Crippen LogP contribution in [-0.2, 0) is 10.0 Å². The van der Waals surface area contributed by atoms with E-state index in [9.17, 15) is 13.2 Å². The van der Waals surface area contributed by atoms with Crippen LogP contribution < -0.4 is 4.72 Å². The number of furan rings is 1. The Labute approximate surface area is 175 Å². The first-order chi connectivity index (χ1) is 14.3. The average Bonchev–Trinajstić information content (AvgIpc) is 3.36. The van der Waals surface area contributed by atoms with E-state index in [1.165, 1.54) is 5.01 Å². The number of benzene rings is 2. The maximum atomic E-state index is 13.2. The van der Waals surface area contributed by atoms with Gasteiger partial charge in [-0.2, -0.15) is 5.10 Å². The van der Waals surface area contributed by atoms with Crippen molar-refractivity contribution in [2.24, 2.45) is 5.10 Å². The van der Waals surface area contributed by atoms with E-state index in [1.807, 2.05) is 31.2 Å². The second kappa shape index (κ2) is 7.79. The molecule has 0 fully saturated rings. The van der Waals surface area contributed by atoms with Crippen molar-refractivity contribution in [3.8, 4) is 0 Å². The first-order valence-electron chi connectivity index (χ1n) is 9.39. The second-order valence-electron chi connectivity index (χ2n) is 7.25. The minimum absolute atomic E-state index is 0.203. The van der Waals surface area contributed by atoms with Gasteiger partial charge in [-0.1, -0.05) is 29.8 Å². The van der Waals surface area contributed by atoms with Gasteiger partial charge in [0.15, 0.2) is 0 Å². The molecule has 1 aliphatic heterocycles. The van der Waals surface area contributed by atoms with Crippen LogP contribution >= 0.6 is 0 Å². The van der Waals surface area contributed by atoms with Crippen molar-refractivity contribution < 1.29 is 17.6 Å². The number of hydrogen-bond acceptors (Lipinski definition) is 5. The number of nitrogens with zero attached hydrogens (tertiary/aromatic N) is 2. The van der Waals surface area contributed by atoms with Crippen LogP contribution in [-0.4, -0.2) is 31.3 Å². The van der Waals surface area contributed by atoms with Gasteiger partial charge >= 0.3 is 0 Å². The fourth-order valence-electron chi connectivity index (χ4n) is 3.43. The van der Waals surface area contributed by atoms with Crippen LogP contribution in [0.4, 0.5) is 5.69 Å². The largest absolute Gasteiger partial charge is 0.467 e. The number of carbonyl (C=O) groups excluding carboxylic acids is 1. The zero-order valence-electron chi connectivity index (χ0n) is 16.6. The van der Waals surface area contributed by atoms with Crippen LogP contribution in [0.5, 0.6) is 0 Å². The van der Waals surface area contributed by atoms with E-state index in [4.69, 9.17) is 4.42 Å². The van der Waals surface area contributed by atoms with Gasteiger partial charge in [0, 0.05) is 17.7 Å². The lowest BCUT2D eigenvalue weighted by atomic mass is 10.0. The summed E-state index contributed by atoms with van der Waals surface area (Å²) in [5, 5.41) is 6.07. The lowest BCUT2D eigenvalue weighted by Crippen LogP contribution is -2.26. The van der Waals surface area contributed by atoms with E-state index in [0.717, 1.165) is 23.1 Å². The Balaban J connectivity index is 1.66. The predicted octanol–water partition coefficient (Wildman–Crippen LogP) is 3.95. The van der Waals surface area contributed by atoms with Gasteiger partial charge in [0.25, 0.3) is 5.91 Å². The highest BCUT2D eigenvalue weighted by Gasteiger charge is 2.35. The van der Waals surface area contributed by atoms with Crippen molar-refractivity contribution in [1.29, 1.82) is 0 Å². The number of carbonyl (C=O) groups is 1. The minimum Gasteiger partial charge on any atom is -0.467 e. The molecule has 7 nitrogen and oxygen atoms in total. The fourth-order valence-corrected chi connectivity index (χ4v) is 3.99. The quantitative estimate of drug-likeness (QED) is 0.673. The zero-order chi connectivity index (χ0) is 21.3. The average molecular weight is 423 g/mol. The third-order valence-electron chi connectivity index (χ3n) is 4.78. The number of hydrazone groups is 1. The van der Waals surface area contributed by atoms with E-state index in [1.54, 1.807) is 42.7 Å². The Morgan fingerprint density at radius 2 is 1.90 bits per heavy atom. The number of sulfonamides is 1. The first-order valence-corrected chi connectivity index (χ1v) is 11.3. The lowest BCUT2D eigenvalue weighted by Gasteiger charge is -2.20. The Kier molecular flexibility index (Phi) is 5.17. The predicted molar refractivity (Wildman–Crippen MR) is 115 cm³/mol. The highest BCUT2D eigenvalue weighted by Crippen LogP contribution is 2.34. The van der Waals surface area contributed by atoms with Crippen LogP contribution in [0.2, 0.25) is 0 Å². The zero-order valence-corrected chi connectivity index (χ0v) is 17.4. The molecule has 8 heteroatoms. The Hall–Kier alpha value is -3.39. The number of hydrogen-bond donors (Lipinski definition) is 1. The molecule has 0 bridgehead atoms. The highest BCUT2D eigenvalue weighted by molar-refractivity contribution is 7.92. The summed E-state index contributed by atoms with van der Waals surface area (Å²) in [5.41, 5.74) is 3.56. The van der Waals surface area contributed by atoms with E-state index in [-0.39, 0.29) is 11.9 Å².